The number of rotatable bonds is 4. The van der Waals surface area contributed by atoms with Crippen molar-refractivity contribution >= 4 is 39.8 Å². The second-order valence-corrected chi connectivity index (χ2v) is 7.57. The summed E-state index contributed by atoms with van der Waals surface area (Å²) in [6.45, 7) is 0. The molecule has 0 amide bonds. The maximum Gasteiger partial charge on any atom is 0.263 e. The number of aromatic nitrogens is 4. The van der Waals surface area contributed by atoms with E-state index in [9.17, 15) is 8.78 Å². The van der Waals surface area contributed by atoms with Gasteiger partial charge in [-0.15, -0.1) is 10.2 Å². The van der Waals surface area contributed by atoms with Gasteiger partial charge in [-0.2, -0.15) is 4.98 Å². The number of anilines is 2. The summed E-state index contributed by atoms with van der Waals surface area (Å²) in [5.41, 5.74) is 3.53. The number of nitrogens with zero attached hydrogens (tertiary/aromatic N) is 5. The minimum absolute atomic E-state index is 0.00737. The average molecular weight is 436 g/mol. The van der Waals surface area contributed by atoms with E-state index in [1.54, 1.807) is 22.9 Å². The molecule has 0 saturated heterocycles. The molecule has 154 valence electrons. The Morgan fingerprint density at radius 3 is 2.55 bits per heavy atom. The lowest BCUT2D eigenvalue weighted by atomic mass is 10.0. The third kappa shape index (κ3) is 3.47. The van der Waals surface area contributed by atoms with Crippen LogP contribution < -0.4 is 4.90 Å². The Kier molecular flexibility index (Phi) is 4.75. The maximum atomic E-state index is 12.9. The van der Waals surface area contributed by atoms with Crippen LogP contribution in [0.1, 0.15) is 12.0 Å². The third-order valence-electron chi connectivity index (χ3n) is 5.24. The van der Waals surface area contributed by atoms with Crippen LogP contribution in [0.3, 0.4) is 0 Å². The van der Waals surface area contributed by atoms with E-state index in [4.69, 9.17) is 16.6 Å². The highest BCUT2D eigenvalue weighted by Crippen LogP contribution is 2.33. The lowest BCUT2D eigenvalue weighted by molar-refractivity contribution is 0.151. The smallest absolute Gasteiger partial charge is 0.263 e. The molecule has 5 aromatic rings. The first kappa shape index (κ1) is 19.4. The Bertz CT molecular complexity index is 1400. The van der Waals surface area contributed by atoms with Gasteiger partial charge in [0, 0.05) is 28.7 Å². The molecule has 0 aliphatic heterocycles. The van der Waals surface area contributed by atoms with Gasteiger partial charge in [0.25, 0.3) is 12.2 Å². The van der Waals surface area contributed by atoms with Crippen molar-refractivity contribution in [2.45, 2.75) is 6.43 Å². The van der Waals surface area contributed by atoms with Gasteiger partial charge < -0.3 is 4.90 Å². The van der Waals surface area contributed by atoms with E-state index < -0.39 is 6.43 Å². The number of benzene rings is 3. The molecule has 0 bridgehead atoms. The molecule has 0 aliphatic carbocycles. The van der Waals surface area contributed by atoms with E-state index in [2.05, 4.69) is 10.2 Å². The van der Waals surface area contributed by atoms with Gasteiger partial charge >= 0.3 is 0 Å². The van der Waals surface area contributed by atoms with Gasteiger partial charge in [-0.1, -0.05) is 48.0 Å². The van der Waals surface area contributed by atoms with E-state index in [0.717, 1.165) is 27.7 Å². The lowest BCUT2D eigenvalue weighted by Gasteiger charge is -2.21. The summed E-state index contributed by atoms with van der Waals surface area (Å²) in [6, 6.07) is 19.7. The molecule has 0 saturated carbocycles. The molecule has 31 heavy (non-hydrogen) atoms. The van der Waals surface area contributed by atoms with Crippen LogP contribution in [0.25, 0.3) is 27.8 Å². The fraction of sp³-hybridized carbons (Fsp3) is 0.0870. The Hall–Kier alpha value is -3.58. The summed E-state index contributed by atoms with van der Waals surface area (Å²) in [4.78, 5) is 6.65. The van der Waals surface area contributed by atoms with Crippen LogP contribution in [-0.2, 0) is 0 Å². The number of hydrogen-bond donors (Lipinski definition) is 0. The van der Waals surface area contributed by atoms with E-state index in [1.165, 1.54) is 12.1 Å². The second kappa shape index (κ2) is 7.59. The average Bonchev–Trinajstić information content (AvgIpc) is 3.27. The molecule has 0 unspecified atom stereocenters. The summed E-state index contributed by atoms with van der Waals surface area (Å²) in [5.74, 6) is 1.17. The predicted molar refractivity (Wildman–Crippen MR) is 118 cm³/mol. The maximum absolute atomic E-state index is 12.9. The summed E-state index contributed by atoms with van der Waals surface area (Å²) >= 11 is 6.22. The highest BCUT2D eigenvalue weighted by molar-refractivity contribution is 6.31. The molecule has 5 rings (SSSR count). The van der Waals surface area contributed by atoms with Crippen molar-refractivity contribution < 1.29 is 8.78 Å². The summed E-state index contributed by atoms with van der Waals surface area (Å²) in [5, 5.41) is 9.56. The highest BCUT2D eigenvalue weighted by Gasteiger charge is 2.15. The van der Waals surface area contributed by atoms with E-state index in [1.807, 2.05) is 54.4 Å². The minimum atomic E-state index is -2.48. The second-order valence-electron chi connectivity index (χ2n) is 7.13. The third-order valence-corrected chi connectivity index (χ3v) is 5.48. The molecule has 0 atom stereocenters. The van der Waals surface area contributed by atoms with Crippen molar-refractivity contribution in [3.63, 3.8) is 0 Å². The van der Waals surface area contributed by atoms with Crippen LogP contribution >= 0.6 is 11.6 Å². The van der Waals surface area contributed by atoms with Crippen LogP contribution in [-0.4, -0.2) is 26.6 Å². The van der Waals surface area contributed by atoms with Gasteiger partial charge in [-0.25, -0.2) is 8.78 Å². The molecule has 0 N–H and O–H groups in total. The molecule has 2 aromatic heterocycles. The molecular formula is C23H16ClF2N5. The fourth-order valence-corrected chi connectivity index (χ4v) is 3.78. The van der Waals surface area contributed by atoms with Gasteiger partial charge in [0.05, 0.1) is 5.52 Å². The molecule has 2 heterocycles. The number of halogens is 3. The first-order valence-electron chi connectivity index (χ1n) is 9.52. The predicted octanol–water partition coefficient (Wildman–Crippen LogP) is 6.30. The van der Waals surface area contributed by atoms with Crippen LogP contribution in [0.4, 0.5) is 20.3 Å². The normalized spacial score (nSPS) is 11.5. The fourth-order valence-electron chi connectivity index (χ4n) is 3.62. The first-order chi connectivity index (χ1) is 15.0. The number of fused-ring (bicyclic) bond motifs is 3. The molecule has 0 spiro atoms. The lowest BCUT2D eigenvalue weighted by Crippen LogP contribution is -2.13. The van der Waals surface area contributed by atoms with E-state index >= 15 is 0 Å². The van der Waals surface area contributed by atoms with Crippen molar-refractivity contribution in [2.75, 3.05) is 11.9 Å². The molecule has 0 aliphatic rings. The standard InChI is InChI=1S/C23H16ClF2N5/c1-30(18-4-2-3-16(11-18)14-5-7-15(8-6-14)21(25)26)22-19-10-9-17(24)12-20(19)31-13-27-29-23(31)28-22/h2-13,21H,1H3. The van der Waals surface area contributed by atoms with Crippen LogP contribution in [0.15, 0.2) is 73.1 Å². The van der Waals surface area contributed by atoms with E-state index in [0.29, 0.717) is 16.6 Å². The molecule has 3 aromatic carbocycles. The van der Waals surface area contributed by atoms with Gasteiger partial charge in [0.2, 0.25) is 0 Å². The Labute approximate surface area is 181 Å². The van der Waals surface area contributed by atoms with Crippen molar-refractivity contribution in [3.8, 4) is 11.1 Å². The Balaban J connectivity index is 1.60. The number of alkyl halides is 2. The van der Waals surface area contributed by atoms with Crippen molar-refractivity contribution in [1.82, 2.24) is 19.6 Å². The van der Waals surface area contributed by atoms with Gasteiger partial charge in [0.15, 0.2) is 0 Å². The minimum Gasteiger partial charge on any atom is -0.329 e. The summed E-state index contributed by atoms with van der Waals surface area (Å²) in [7, 11) is 1.92. The largest absolute Gasteiger partial charge is 0.329 e. The summed E-state index contributed by atoms with van der Waals surface area (Å²) < 4.78 is 27.5. The number of hydrogen-bond acceptors (Lipinski definition) is 4. The first-order valence-corrected chi connectivity index (χ1v) is 9.90. The molecule has 0 fully saturated rings. The van der Waals surface area contributed by atoms with Gasteiger partial charge in [-0.05, 0) is 41.5 Å². The van der Waals surface area contributed by atoms with Crippen LogP contribution in [0.2, 0.25) is 5.02 Å². The zero-order chi connectivity index (χ0) is 21.5. The monoisotopic (exact) mass is 435 g/mol. The SMILES string of the molecule is CN(c1cccc(-c2ccc(C(F)F)cc2)c1)c1nc2nncn2c2cc(Cl)ccc12. The molecule has 0 radical (unpaired) electrons. The van der Waals surface area contributed by atoms with E-state index in [-0.39, 0.29) is 5.56 Å². The van der Waals surface area contributed by atoms with Crippen LogP contribution in [0.5, 0.6) is 0 Å². The van der Waals surface area contributed by atoms with Crippen LogP contribution in [0, 0.1) is 0 Å². The highest BCUT2D eigenvalue weighted by atomic mass is 35.5. The Morgan fingerprint density at radius 1 is 0.968 bits per heavy atom. The Morgan fingerprint density at radius 2 is 1.77 bits per heavy atom. The van der Waals surface area contributed by atoms with Gasteiger partial charge in [0.1, 0.15) is 12.1 Å². The van der Waals surface area contributed by atoms with Gasteiger partial charge in [-0.3, -0.25) is 4.40 Å². The molecule has 8 heteroatoms. The quantitative estimate of drug-likeness (QED) is 0.332. The summed E-state index contributed by atoms with van der Waals surface area (Å²) in [6.07, 6.45) is -0.875. The molecule has 5 nitrogen and oxygen atoms in total. The zero-order valence-electron chi connectivity index (χ0n) is 16.4. The zero-order valence-corrected chi connectivity index (χ0v) is 17.1. The van der Waals surface area contributed by atoms with Crippen molar-refractivity contribution in [3.05, 3.63) is 83.6 Å². The van der Waals surface area contributed by atoms with Crippen molar-refractivity contribution in [1.29, 1.82) is 0 Å². The molecular weight excluding hydrogens is 420 g/mol. The topological polar surface area (TPSA) is 46.3 Å². The van der Waals surface area contributed by atoms with Crippen molar-refractivity contribution in [2.24, 2.45) is 0 Å².